The summed E-state index contributed by atoms with van der Waals surface area (Å²) in [7, 11) is 1.87. The highest BCUT2D eigenvalue weighted by Crippen LogP contribution is 2.33. The molecule has 7 heteroatoms. The van der Waals surface area contributed by atoms with E-state index in [9.17, 15) is 14.9 Å². The van der Waals surface area contributed by atoms with Gasteiger partial charge in [-0.1, -0.05) is 31.0 Å². The third-order valence-corrected chi connectivity index (χ3v) is 5.82. The van der Waals surface area contributed by atoms with Gasteiger partial charge in [0.05, 0.1) is 11.3 Å². The van der Waals surface area contributed by atoms with E-state index >= 15 is 0 Å². The zero-order valence-electron chi connectivity index (χ0n) is 15.2. The molecule has 1 amide bonds. The second-order valence-electron chi connectivity index (χ2n) is 7.29. The lowest BCUT2D eigenvalue weighted by molar-refractivity contribution is -0.385. The molecule has 1 aliphatic heterocycles. The van der Waals surface area contributed by atoms with Crippen LogP contribution in [0.5, 0.6) is 0 Å². The number of halogens is 1. The fourth-order valence-electron chi connectivity index (χ4n) is 4.48. The molecule has 26 heavy (non-hydrogen) atoms. The van der Waals surface area contributed by atoms with E-state index in [4.69, 9.17) is 0 Å². The molecule has 6 nitrogen and oxygen atoms in total. The second kappa shape index (κ2) is 9.33. The molecule has 3 atom stereocenters. The number of likely N-dealkylation sites (N-methyl/N-ethyl adjacent to an activating group) is 1. The van der Waals surface area contributed by atoms with Crippen molar-refractivity contribution in [3.8, 4) is 0 Å². The molecule has 0 bridgehead atoms. The summed E-state index contributed by atoms with van der Waals surface area (Å²) in [5.41, 5.74) is 0.526. The van der Waals surface area contributed by atoms with Gasteiger partial charge in [-0.3, -0.25) is 14.9 Å². The van der Waals surface area contributed by atoms with E-state index in [1.165, 1.54) is 25.3 Å². The minimum atomic E-state index is -0.408. The predicted molar refractivity (Wildman–Crippen MR) is 104 cm³/mol. The largest absolute Gasteiger partial charge is 0.342 e. The molecule has 0 aromatic heterocycles. The van der Waals surface area contributed by atoms with Crippen molar-refractivity contribution in [2.45, 2.75) is 57.0 Å². The molecule has 1 saturated carbocycles. The molecule has 2 fully saturated rings. The molecule has 144 valence electrons. The summed E-state index contributed by atoms with van der Waals surface area (Å²) in [6.45, 7) is 1.07. The van der Waals surface area contributed by atoms with Crippen LogP contribution in [0.2, 0.25) is 0 Å². The molecular formula is C19H28ClN3O3. The maximum Gasteiger partial charge on any atom is 0.273 e. The van der Waals surface area contributed by atoms with Gasteiger partial charge in [0, 0.05) is 30.8 Å². The van der Waals surface area contributed by atoms with Gasteiger partial charge >= 0.3 is 0 Å². The zero-order chi connectivity index (χ0) is 17.8. The second-order valence-corrected chi connectivity index (χ2v) is 7.29. The number of amides is 1. The van der Waals surface area contributed by atoms with Gasteiger partial charge in [-0.15, -0.1) is 12.4 Å². The average Bonchev–Trinajstić information content (AvgIpc) is 3.16. The Morgan fingerprint density at radius 3 is 2.65 bits per heavy atom. The van der Waals surface area contributed by atoms with Crippen molar-refractivity contribution < 1.29 is 9.72 Å². The van der Waals surface area contributed by atoms with E-state index in [0.717, 1.165) is 25.8 Å². The maximum absolute atomic E-state index is 12.8. The highest BCUT2D eigenvalue weighted by Gasteiger charge is 2.37. The lowest BCUT2D eigenvalue weighted by Gasteiger charge is -2.41. The number of benzene rings is 1. The first-order valence-corrected chi connectivity index (χ1v) is 9.29. The summed E-state index contributed by atoms with van der Waals surface area (Å²) in [6, 6.07) is 7.28. The van der Waals surface area contributed by atoms with Crippen molar-refractivity contribution in [1.29, 1.82) is 0 Å². The van der Waals surface area contributed by atoms with Crippen LogP contribution in [0.4, 0.5) is 5.69 Å². The molecule has 3 unspecified atom stereocenters. The predicted octanol–water partition coefficient (Wildman–Crippen LogP) is 3.33. The SMILES string of the molecule is CN(C(=O)Cc1ccccc1[N+](=O)[O-])C1CCCCC1C1CCCN1.Cl. The van der Waals surface area contributed by atoms with Crippen molar-refractivity contribution in [1.82, 2.24) is 10.2 Å². The van der Waals surface area contributed by atoms with E-state index in [-0.39, 0.29) is 36.5 Å². The Balaban J connectivity index is 0.00000243. The standard InChI is InChI=1S/C19H27N3O3.ClH/c1-21(18-11-5-3-8-15(18)16-9-6-12-20-16)19(23)13-14-7-2-4-10-17(14)22(24)25;/h2,4,7,10,15-16,18,20H,3,5-6,8-9,11-13H2,1H3;1H. The number of nitrogens with one attached hydrogen (secondary N) is 1. The average molecular weight is 382 g/mol. The van der Waals surface area contributed by atoms with Crippen molar-refractivity contribution in [2.75, 3.05) is 13.6 Å². The van der Waals surface area contributed by atoms with E-state index in [0.29, 0.717) is 17.5 Å². The van der Waals surface area contributed by atoms with Gasteiger partial charge in [0.25, 0.3) is 5.69 Å². The van der Waals surface area contributed by atoms with Gasteiger partial charge in [0.1, 0.15) is 0 Å². The van der Waals surface area contributed by atoms with Gasteiger partial charge in [-0.25, -0.2) is 0 Å². The normalized spacial score (nSPS) is 25.3. The Hall–Kier alpha value is -1.66. The topological polar surface area (TPSA) is 75.5 Å². The van der Waals surface area contributed by atoms with Gasteiger partial charge in [0.2, 0.25) is 5.91 Å². The van der Waals surface area contributed by atoms with Crippen LogP contribution in [0.3, 0.4) is 0 Å². The summed E-state index contributed by atoms with van der Waals surface area (Å²) in [5, 5.41) is 14.8. The van der Waals surface area contributed by atoms with Crippen LogP contribution >= 0.6 is 12.4 Å². The third-order valence-electron chi connectivity index (χ3n) is 5.82. The summed E-state index contributed by atoms with van der Waals surface area (Å²) < 4.78 is 0. The smallest absolute Gasteiger partial charge is 0.273 e. The molecule has 3 rings (SSSR count). The molecule has 1 aromatic carbocycles. The molecule has 1 saturated heterocycles. The first-order valence-electron chi connectivity index (χ1n) is 9.29. The number of hydrogen-bond donors (Lipinski definition) is 1. The summed E-state index contributed by atoms with van der Waals surface area (Å²) in [6.07, 6.45) is 7.06. The van der Waals surface area contributed by atoms with E-state index < -0.39 is 4.92 Å². The van der Waals surface area contributed by atoms with Crippen molar-refractivity contribution in [3.05, 3.63) is 39.9 Å². The van der Waals surface area contributed by atoms with Gasteiger partial charge in [-0.05, 0) is 38.1 Å². The molecule has 2 aliphatic rings. The lowest BCUT2D eigenvalue weighted by atomic mass is 9.78. The van der Waals surface area contributed by atoms with E-state index in [1.54, 1.807) is 18.2 Å². The first-order chi connectivity index (χ1) is 12.1. The minimum Gasteiger partial charge on any atom is -0.342 e. The van der Waals surface area contributed by atoms with Gasteiger partial charge < -0.3 is 10.2 Å². The lowest BCUT2D eigenvalue weighted by Crippen LogP contribution is -2.50. The number of hydrogen-bond acceptors (Lipinski definition) is 4. The van der Waals surface area contributed by atoms with Crippen LogP contribution in [-0.4, -0.2) is 41.4 Å². The van der Waals surface area contributed by atoms with Gasteiger partial charge in [0.15, 0.2) is 0 Å². The number of carbonyl (C=O) groups is 1. The van der Waals surface area contributed by atoms with Crippen LogP contribution < -0.4 is 5.32 Å². The quantitative estimate of drug-likeness (QED) is 0.627. The maximum atomic E-state index is 12.8. The monoisotopic (exact) mass is 381 g/mol. The fourth-order valence-corrected chi connectivity index (χ4v) is 4.48. The molecule has 1 aromatic rings. The number of nitro benzene ring substituents is 1. The van der Waals surface area contributed by atoms with Crippen LogP contribution in [0.25, 0.3) is 0 Å². The number of nitro groups is 1. The van der Waals surface area contributed by atoms with E-state index in [2.05, 4.69) is 5.32 Å². The summed E-state index contributed by atoms with van der Waals surface area (Å²) in [5.74, 6) is 0.472. The van der Waals surface area contributed by atoms with Crippen LogP contribution in [0, 0.1) is 16.0 Å². The fraction of sp³-hybridized carbons (Fsp3) is 0.632. The molecule has 1 N–H and O–H groups in total. The number of nitrogens with zero attached hydrogens (tertiary/aromatic N) is 2. The van der Waals surface area contributed by atoms with Crippen molar-refractivity contribution >= 4 is 24.0 Å². The molecule has 1 heterocycles. The number of carbonyl (C=O) groups excluding carboxylic acids is 1. The Kier molecular flexibility index (Phi) is 7.41. The Bertz CT molecular complexity index is 634. The third kappa shape index (κ3) is 4.54. The number of rotatable bonds is 5. The van der Waals surface area contributed by atoms with Crippen LogP contribution in [0.1, 0.15) is 44.1 Å². The van der Waals surface area contributed by atoms with Crippen LogP contribution in [-0.2, 0) is 11.2 Å². The van der Waals surface area contributed by atoms with Crippen molar-refractivity contribution in [2.24, 2.45) is 5.92 Å². The highest BCUT2D eigenvalue weighted by atomic mass is 35.5. The first kappa shape index (κ1) is 20.6. The summed E-state index contributed by atoms with van der Waals surface area (Å²) in [4.78, 5) is 25.5. The number of para-hydroxylation sites is 1. The Morgan fingerprint density at radius 2 is 1.96 bits per heavy atom. The Morgan fingerprint density at radius 1 is 1.23 bits per heavy atom. The Labute approximate surface area is 160 Å². The molecule has 0 spiro atoms. The molecular weight excluding hydrogens is 354 g/mol. The molecule has 0 radical (unpaired) electrons. The van der Waals surface area contributed by atoms with Gasteiger partial charge in [-0.2, -0.15) is 0 Å². The minimum absolute atomic E-state index is 0. The van der Waals surface area contributed by atoms with E-state index in [1.807, 2.05) is 11.9 Å². The molecule has 1 aliphatic carbocycles. The summed E-state index contributed by atoms with van der Waals surface area (Å²) >= 11 is 0. The van der Waals surface area contributed by atoms with Crippen molar-refractivity contribution in [3.63, 3.8) is 0 Å². The van der Waals surface area contributed by atoms with Crippen LogP contribution in [0.15, 0.2) is 24.3 Å². The highest BCUT2D eigenvalue weighted by molar-refractivity contribution is 5.85. The zero-order valence-corrected chi connectivity index (χ0v) is 16.0.